The summed E-state index contributed by atoms with van der Waals surface area (Å²) in [6.45, 7) is 1.39. The zero-order valence-electron chi connectivity index (χ0n) is 11.4. The van der Waals surface area contributed by atoms with Gasteiger partial charge in [-0.05, 0) is 35.4 Å². The second kappa shape index (κ2) is 4.48. The van der Waals surface area contributed by atoms with Gasteiger partial charge in [0.25, 0.3) is 0 Å². The number of hydrogen-bond donors (Lipinski definition) is 2. The highest BCUT2D eigenvalue weighted by atomic mass is 16.6. The van der Waals surface area contributed by atoms with Crippen molar-refractivity contribution >= 4 is 0 Å². The fourth-order valence-corrected chi connectivity index (χ4v) is 3.21. The Morgan fingerprint density at radius 3 is 1.33 bits per heavy atom. The molecule has 2 N–H and O–H groups in total. The van der Waals surface area contributed by atoms with Crippen LogP contribution in [0.4, 0.5) is 0 Å². The zero-order chi connectivity index (χ0) is 14.4. The van der Waals surface area contributed by atoms with Crippen molar-refractivity contribution in [1.29, 1.82) is 0 Å². The van der Waals surface area contributed by atoms with E-state index in [1.807, 2.05) is 24.3 Å². The Morgan fingerprint density at radius 1 is 0.714 bits per heavy atom. The minimum Gasteiger partial charge on any atom is -0.508 e. The lowest BCUT2D eigenvalue weighted by Crippen LogP contribution is -2.40. The molecule has 0 aliphatic carbocycles. The van der Waals surface area contributed by atoms with Gasteiger partial charge in [-0.3, -0.25) is 0 Å². The summed E-state index contributed by atoms with van der Waals surface area (Å²) in [5, 5.41) is 19.1. The molecule has 0 spiro atoms. The number of rotatable bonds is 4. The molecule has 0 saturated carbocycles. The monoisotopic (exact) mass is 284 g/mol. The van der Waals surface area contributed by atoms with E-state index in [9.17, 15) is 10.2 Å². The Hall–Kier alpha value is -2.04. The molecule has 4 rings (SSSR count). The number of phenolic OH excluding ortho intramolecular Hbond substituents is 2. The molecule has 21 heavy (non-hydrogen) atoms. The smallest absolute Gasteiger partial charge is 0.115 e. The summed E-state index contributed by atoms with van der Waals surface area (Å²) in [5.41, 5.74) is 1.76. The van der Waals surface area contributed by atoms with Crippen LogP contribution in [0.3, 0.4) is 0 Å². The van der Waals surface area contributed by atoms with Gasteiger partial charge in [-0.2, -0.15) is 0 Å². The summed E-state index contributed by atoms with van der Waals surface area (Å²) < 4.78 is 11.3. The lowest BCUT2D eigenvalue weighted by atomic mass is 9.69. The SMILES string of the molecule is Oc1ccc(C(c2ccc(O)cc2)(C2CO2)C2CO2)cc1. The Balaban J connectivity index is 1.89. The van der Waals surface area contributed by atoms with Crippen molar-refractivity contribution < 1.29 is 19.7 Å². The number of aromatic hydroxyl groups is 2. The molecule has 2 heterocycles. The van der Waals surface area contributed by atoms with Crippen LogP contribution in [0.25, 0.3) is 0 Å². The first kappa shape index (κ1) is 12.7. The standard InChI is InChI=1S/C17H16O4/c18-13-5-1-11(2-6-13)17(15-9-20-15,16-10-21-16)12-3-7-14(19)8-4-12/h1-8,15-16,18-19H,9-10H2. The number of phenols is 2. The van der Waals surface area contributed by atoms with Gasteiger partial charge in [0, 0.05) is 0 Å². The maximum absolute atomic E-state index is 9.54. The van der Waals surface area contributed by atoms with Gasteiger partial charge < -0.3 is 19.7 Å². The summed E-state index contributed by atoms with van der Waals surface area (Å²) in [5.74, 6) is 0.485. The lowest BCUT2D eigenvalue weighted by Gasteiger charge is -2.32. The van der Waals surface area contributed by atoms with E-state index >= 15 is 0 Å². The first-order valence-corrected chi connectivity index (χ1v) is 7.03. The Labute approximate surface area is 122 Å². The summed E-state index contributed by atoms with van der Waals surface area (Å²) in [6, 6.07) is 14.4. The lowest BCUT2D eigenvalue weighted by molar-refractivity contribution is 0.253. The highest BCUT2D eigenvalue weighted by Crippen LogP contribution is 2.50. The Kier molecular flexibility index (Phi) is 2.71. The maximum atomic E-state index is 9.54. The van der Waals surface area contributed by atoms with Gasteiger partial charge in [-0.25, -0.2) is 0 Å². The predicted octanol–water partition coefficient (Wildman–Crippen LogP) is 2.18. The van der Waals surface area contributed by atoms with E-state index in [1.54, 1.807) is 24.3 Å². The number of ether oxygens (including phenoxy) is 2. The molecule has 4 nitrogen and oxygen atoms in total. The molecule has 2 aliphatic heterocycles. The van der Waals surface area contributed by atoms with Crippen molar-refractivity contribution in [3.8, 4) is 11.5 Å². The highest BCUT2D eigenvalue weighted by molar-refractivity contribution is 5.48. The molecule has 2 fully saturated rings. The molecule has 2 unspecified atom stereocenters. The van der Waals surface area contributed by atoms with E-state index in [-0.39, 0.29) is 29.1 Å². The highest BCUT2D eigenvalue weighted by Gasteiger charge is 2.59. The van der Waals surface area contributed by atoms with Crippen LogP contribution < -0.4 is 0 Å². The van der Waals surface area contributed by atoms with Gasteiger partial charge in [0.1, 0.15) is 11.5 Å². The third kappa shape index (κ3) is 1.99. The molecule has 4 heteroatoms. The molecule has 0 bridgehead atoms. The van der Waals surface area contributed by atoms with Gasteiger partial charge in [0.15, 0.2) is 0 Å². The van der Waals surface area contributed by atoms with Gasteiger partial charge in [-0.1, -0.05) is 24.3 Å². The first-order valence-electron chi connectivity index (χ1n) is 7.03. The number of epoxide rings is 2. The molecular formula is C17H16O4. The van der Waals surface area contributed by atoms with E-state index in [1.165, 1.54) is 0 Å². The van der Waals surface area contributed by atoms with Gasteiger partial charge in [0.05, 0.1) is 30.8 Å². The molecule has 0 radical (unpaired) electrons. The van der Waals surface area contributed by atoms with E-state index in [2.05, 4.69) is 0 Å². The van der Waals surface area contributed by atoms with Crippen LogP contribution in [0, 0.1) is 0 Å². The van der Waals surface area contributed by atoms with Crippen LogP contribution in [0.1, 0.15) is 11.1 Å². The minimum atomic E-state index is -0.374. The van der Waals surface area contributed by atoms with Crippen molar-refractivity contribution in [2.75, 3.05) is 13.2 Å². The van der Waals surface area contributed by atoms with Crippen LogP contribution in [-0.2, 0) is 14.9 Å². The van der Waals surface area contributed by atoms with Crippen molar-refractivity contribution in [3.63, 3.8) is 0 Å². The predicted molar refractivity (Wildman–Crippen MR) is 76.5 cm³/mol. The van der Waals surface area contributed by atoms with Crippen LogP contribution in [-0.4, -0.2) is 35.6 Å². The van der Waals surface area contributed by atoms with Crippen molar-refractivity contribution in [3.05, 3.63) is 59.7 Å². The molecule has 2 aromatic carbocycles. The largest absolute Gasteiger partial charge is 0.508 e. The number of hydrogen-bond acceptors (Lipinski definition) is 4. The molecule has 0 aromatic heterocycles. The molecule has 0 amide bonds. The van der Waals surface area contributed by atoms with Gasteiger partial charge in [0.2, 0.25) is 0 Å². The van der Waals surface area contributed by atoms with Crippen LogP contribution in [0.15, 0.2) is 48.5 Å². The maximum Gasteiger partial charge on any atom is 0.115 e. The average molecular weight is 284 g/mol. The fourth-order valence-electron chi connectivity index (χ4n) is 3.21. The van der Waals surface area contributed by atoms with Gasteiger partial charge >= 0.3 is 0 Å². The van der Waals surface area contributed by atoms with Gasteiger partial charge in [-0.15, -0.1) is 0 Å². The van der Waals surface area contributed by atoms with E-state index in [4.69, 9.17) is 9.47 Å². The van der Waals surface area contributed by atoms with Crippen molar-refractivity contribution in [2.24, 2.45) is 0 Å². The van der Waals surface area contributed by atoms with E-state index in [0.29, 0.717) is 13.2 Å². The molecular weight excluding hydrogens is 268 g/mol. The van der Waals surface area contributed by atoms with Crippen molar-refractivity contribution in [1.82, 2.24) is 0 Å². The molecule has 2 aromatic rings. The van der Waals surface area contributed by atoms with Crippen LogP contribution in [0.2, 0.25) is 0 Å². The third-order valence-electron chi connectivity index (χ3n) is 4.37. The molecule has 108 valence electrons. The van der Waals surface area contributed by atoms with Crippen LogP contribution >= 0.6 is 0 Å². The minimum absolute atomic E-state index is 0.0686. The zero-order valence-corrected chi connectivity index (χ0v) is 11.4. The molecule has 2 atom stereocenters. The van der Waals surface area contributed by atoms with Crippen molar-refractivity contribution in [2.45, 2.75) is 17.6 Å². The summed E-state index contributed by atoms with van der Waals surface area (Å²) in [6.07, 6.45) is 0.137. The summed E-state index contributed by atoms with van der Waals surface area (Å²) in [4.78, 5) is 0. The Morgan fingerprint density at radius 2 is 1.05 bits per heavy atom. The van der Waals surface area contributed by atoms with E-state index < -0.39 is 0 Å². The first-order chi connectivity index (χ1) is 10.2. The number of benzene rings is 2. The van der Waals surface area contributed by atoms with E-state index in [0.717, 1.165) is 11.1 Å². The Bertz CT molecular complexity index is 580. The normalized spacial score (nSPS) is 23.8. The molecule has 2 saturated heterocycles. The second-order valence-electron chi connectivity index (χ2n) is 5.61. The second-order valence-corrected chi connectivity index (χ2v) is 5.61. The summed E-state index contributed by atoms with van der Waals surface area (Å²) in [7, 11) is 0. The fraction of sp³-hybridized carbons (Fsp3) is 0.294. The third-order valence-corrected chi connectivity index (χ3v) is 4.37. The molecule has 2 aliphatic rings. The average Bonchev–Trinajstić information content (AvgIpc) is 3.37. The summed E-state index contributed by atoms with van der Waals surface area (Å²) >= 11 is 0. The quantitative estimate of drug-likeness (QED) is 0.845. The van der Waals surface area contributed by atoms with Crippen LogP contribution in [0.5, 0.6) is 11.5 Å². The topological polar surface area (TPSA) is 65.5 Å².